The number of esters is 1. The minimum atomic E-state index is -1.78. The van der Waals surface area contributed by atoms with E-state index in [0.29, 0.717) is 18.3 Å². The number of ether oxygens (including phenoxy) is 3. The summed E-state index contributed by atoms with van der Waals surface area (Å²) in [7, 11) is 1.26. The van der Waals surface area contributed by atoms with Gasteiger partial charge in [-0.05, 0) is 63.8 Å². The number of hydrogen-bond donors (Lipinski definition) is 14. The number of aliphatic hydroxyl groups is 3. The molecule has 16 N–H and O–H groups in total. The van der Waals surface area contributed by atoms with Crippen molar-refractivity contribution >= 4 is 59.3 Å². The van der Waals surface area contributed by atoms with Gasteiger partial charge < -0.3 is 93.0 Å². The van der Waals surface area contributed by atoms with Gasteiger partial charge in [0.05, 0.1) is 45.1 Å². The minimum Gasteiger partial charge on any atom is -0.461 e. The van der Waals surface area contributed by atoms with E-state index in [9.17, 15) is 77.2 Å². The van der Waals surface area contributed by atoms with Gasteiger partial charge >= 0.3 is 17.7 Å². The van der Waals surface area contributed by atoms with Crippen LogP contribution in [0.4, 0.5) is 9.18 Å². The molecule has 11 atom stereocenters. The Balaban J connectivity index is 1.44. The first-order chi connectivity index (χ1) is 41.2. The van der Waals surface area contributed by atoms with Gasteiger partial charge in [-0.25, -0.2) is 19.4 Å². The van der Waals surface area contributed by atoms with Crippen molar-refractivity contribution in [1.82, 2.24) is 66.5 Å². The highest BCUT2D eigenvalue weighted by Gasteiger charge is 2.40. The predicted octanol–water partition coefficient (Wildman–Crippen LogP) is -5.53. The maximum atomic E-state index is 14.3. The van der Waals surface area contributed by atoms with Crippen molar-refractivity contribution in [2.45, 2.75) is 159 Å². The van der Waals surface area contributed by atoms with Crippen molar-refractivity contribution in [3.05, 3.63) is 51.1 Å². The van der Waals surface area contributed by atoms with Crippen LogP contribution in [0.1, 0.15) is 97.9 Å². The number of H-pyrrole nitrogens is 2. The molecule has 4 heterocycles. The number of rotatable bonds is 34. The number of aromatic nitrogens is 4. The number of hydrogen-bond acceptors (Lipinski definition) is 20. The van der Waals surface area contributed by atoms with Crippen LogP contribution in [0.15, 0.2) is 28.3 Å². The molecule has 2 aliphatic rings. The van der Waals surface area contributed by atoms with Gasteiger partial charge in [-0.15, -0.1) is 0 Å². The second-order valence-corrected chi connectivity index (χ2v) is 22.0. The highest BCUT2D eigenvalue weighted by atomic mass is 19.1. The molecule has 2 saturated heterocycles. The summed E-state index contributed by atoms with van der Waals surface area (Å²) < 4.78 is 31.0. The Morgan fingerprint density at radius 2 is 1.30 bits per heavy atom. The molecule has 0 saturated carbocycles. The Hall–Kier alpha value is -7.92. The molecular weight excluding hydrogens is 1150 g/mol. The number of carbonyl (C=O) groups is 10. The first-order valence-electron chi connectivity index (χ1n) is 28.6. The number of morpholine rings is 1. The number of nitrogens with one attached hydrogen (secondary N) is 9. The molecule has 2 aromatic heterocycles. The normalized spacial score (nSPS) is 18.6. The first kappa shape index (κ1) is 71.6. The molecule has 4 unspecified atom stereocenters. The number of halogens is 1. The third-order valence-electron chi connectivity index (χ3n) is 14.2. The van der Waals surface area contributed by atoms with Crippen LogP contribution < -0.4 is 59.9 Å². The average molecular weight is 1240 g/mol. The minimum absolute atomic E-state index is 0.00522. The van der Waals surface area contributed by atoms with Crippen LogP contribution in [0, 0.1) is 17.7 Å². The number of nitrogens with two attached hydrogens (primary N) is 2. The van der Waals surface area contributed by atoms with E-state index >= 15 is 0 Å². The smallest absolute Gasteiger partial charge is 0.330 e. The van der Waals surface area contributed by atoms with Crippen molar-refractivity contribution in [1.29, 1.82) is 0 Å². The molecule has 87 heavy (non-hydrogen) atoms. The maximum absolute atomic E-state index is 14.3. The number of primary amides is 1. The number of carbonyl (C=O) groups excluding carboxylic acids is 10. The van der Waals surface area contributed by atoms with Crippen LogP contribution in [0.3, 0.4) is 0 Å². The lowest BCUT2D eigenvalue weighted by atomic mass is 9.99. The predicted molar refractivity (Wildman–Crippen MR) is 302 cm³/mol. The van der Waals surface area contributed by atoms with Crippen molar-refractivity contribution in [2.24, 2.45) is 23.3 Å². The second kappa shape index (κ2) is 35.0. The SMILES string of the molecule is CC(C)C[C@H](NC(=O)[C@H](CCCCN)NC(=O)[C@H](CO)NC(=O)[C@H](CO)NC(=O)[C@H](Cc1cnc[nH]1)NC(=O)N1CCOCC1)C(=O)N[C@@H](CCC(N)=O)C(=O)N[C@@H](CC(C)C)C(=O)N(C)C(C)C(=O)OCC1OC(n2cc(F)c(=O)[nH]c2=O)CC1O. The third kappa shape index (κ3) is 22.4. The summed E-state index contributed by atoms with van der Waals surface area (Å²) in [5.41, 5.74) is 9.36. The molecule has 2 aromatic rings. The Morgan fingerprint density at radius 3 is 1.85 bits per heavy atom. The molecule has 0 radical (unpaired) electrons. The Morgan fingerprint density at radius 1 is 0.770 bits per heavy atom. The van der Waals surface area contributed by atoms with Crippen molar-refractivity contribution in [3.8, 4) is 0 Å². The average Bonchev–Trinajstić information content (AvgIpc) is 2.69. The molecule has 4 rings (SSSR count). The molecule has 0 bridgehead atoms. The van der Waals surface area contributed by atoms with E-state index < -0.39 is 169 Å². The van der Waals surface area contributed by atoms with Gasteiger partial charge in [0.25, 0.3) is 5.56 Å². The van der Waals surface area contributed by atoms with Gasteiger partial charge in [0.15, 0.2) is 0 Å². The van der Waals surface area contributed by atoms with Crippen molar-refractivity contribution < 1.29 is 81.9 Å². The molecular formula is C53H84FN15O18. The number of amides is 10. The Kier molecular flexibility index (Phi) is 28.8. The van der Waals surface area contributed by atoms with Crippen LogP contribution in [-0.4, -0.2) is 224 Å². The lowest BCUT2D eigenvalue weighted by Crippen LogP contribution is -2.61. The summed E-state index contributed by atoms with van der Waals surface area (Å²) in [4.78, 5) is 171. The van der Waals surface area contributed by atoms with E-state index in [2.05, 4.69) is 47.2 Å². The molecule has 486 valence electrons. The molecule has 0 spiro atoms. The van der Waals surface area contributed by atoms with E-state index in [1.165, 1.54) is 31.4 Å². The number of unbranched alkanes of at least 4 members (excludes halogenated alkanes) is 1. The van der Waals surface area contributed by atoms with Gasteiger partial charge in [-0.2, -0.15) is 4.39 Å². The van der Waals surface area contributed by atoms with E-state index in [4.69, 9.17) is 25.7 Å². The van der Waals surface area contributed by atoms with Crippen LogP contribution in [0.2, 0.25) is 0 Å². The van der Waals surface area contributed by atoms with Crippen LogP contribution >= 0.6 is 0 Å². The van der Waals surface area contributed by atoms with E-state index in [-0.39, 0.29) is 89.6 Å². The van der Waals surface area contributed by atoms with Crippen LogP contribution in [0.5, 0.6) is 0 Å². The Bertz CT molecular complexity index is 2780. The number of nitrogens with zero attached hydrogens (tertiary/aromatic N) is 4. The zero-order valence-corrected chi connectivity index (χ0v) is 49.5. The maximum Gasteiger partial charge on any atom is 0.330 e. The summed E-state index contributed by atoms with van der Waals surface area (Å²) in [6.07, 6.45) is -1.04. The Labute approximate surface area is 499 Å². The summed E-state index contributed by atoms with van der Waals surface area (Å²) in [6.45, 7) is 6.87. The van der Waals surface area contributed by atoms with Crippen molar-refractivity contribution in [3.63, 3.8) is 0 Å². The van der Waals surface area contributed by atoms with Crippen LogP contribution in [-0.2, 0) is 63.8 Å². The standard InChI is InChI=1S/C53H84FN15O18/c1-27(2)17-34(61-44(75)32(9-7-8-12-55)59-48(79)37(23-70)64-49(80)38(24-71)63-47(78)35(19-30-21-57-26-58-30)65-52(83)68-13-15-85-16-14-68)46(77)60-33(10-11-41(56)73)45(76)62-36(18-28(3)4)50(81)67(6)29(5)51(82)86-25-40-39(72)20-42(87-40)69-22-31(54)43(74)66-53(69)84/h21-22,26-29,32-40,42,70-72H,7-20,23-25,55H2,1-6H3,(H2,56,73)(H,57,58)(H,59,79)(H,60,77)(H,61,75)(H,62,76)(H,63,78)(H,64,80)(H,65,83)(H,66,74,84)/t29?,32-,33-,34-,35-,36-,37-,38-,39?,40?,42?/m0/s1. The van der Waals surface area contributed by atoms with E-state index in [0.717, 1.165) is 9.47 Å². The lowest BCUT2D eigenvalue weighted by molar-refractivity contribution is -0.159. The van der Waals surface area contributed by atoms with Gasteiger partial charge in [0.2, 0.25) is 53.1 Å². The molecule has 2 fully saturated rings. The number of likely N-dealkylation sites (N-methyl/N-ethyl adjacent to an activating group) is 1. The highest BCUT2D eigenvalue weighted by molar-refractivity contribution is 5.98. The van der Waals surface area contributed by atoms with Gasteiger partial charge in [0, 0.05) is 51.3 Å². The first-order valence-corrected chi connectivity index (χ1v) is 28.6. The zero-order chi connectivity index (χ0) is 64.7. The number of imidazole rings is 1. The second-order valence-electron chi connectivity index (χ2n) is 22.0. The quantitative estimate of drug-likeness (QED) is 0.0230. The van der Waals surface area contributed by atoms with Crippen molar-refractivity contribution in [2.75, 3.05) is 59.7 Å². The molecule has 33 nitrogen and oxygen atoms in total. The highest BCUT2D eigenvalue weighted by Crippen LogP contribution is 2.28. The summed E-state index contributed by atoms with van der Waals surface area (Å²) in [6, 6.07) is -12.5. The number of urea groups is 1. The van der Waals surface area contributed by atoms with Gasteiger partial charge in [-0.1, -0.05) is 27.7 Å². The number of aliphatic hydroxyl groups excluding tert-OH is 3. The summed E-state index contributed by atoms with van der Waals surface area (Å²) in [5, 5.41) is 48.6. The zero-order valence-electron chi connectivity index (χ0n) is 49.5. The van der Waals surface area contributed by atoms with E-state index in [1.807, 2.05) is 0 Å². The fourth-order valence-corrected chi connectivity index (χ4v) is 9.16. The topological polar surface area (TPSA) is 485 Å². The monoisotopic (exact) mass is 1240 g/mol. The summed E-state index contributed by atoms with van der Waals surface area (Å²) in [5.74, 6) is -10.4. The molecule has 0 aliphatic carbocycles. The largest absolute Gasteiger partial charge is 0.461 e. The fourth-order valence-electron chi connectivity index (χ4n) is 9.16. The summed E-state index contributed by atoms with van der Waals surface area (Å²) >= 11 is 0. The van der Waals surface area contributed by atoms with E-state index in [1.54, 1.807) is 32.7 Å². The molecule has 2 aliphatic heterocycles. The molecule has 0 aromatic carbocycles. The molecule has 34 heteroatoms. The fraction of sp³-hybridized carbons (Fsp3) is 0.679. The lowest BCUT2D eigenvalue weighted by Gasteiger charge is -2.31. The third-order valence-corrected chi connectivity index (χ3v) is 14.2. The van der Waals surface area contributed by atoms with Gasteiger partial charge in [0.1, 0.15) is 67.3 Å². The van der Waals surface area contributed by atoms with Crippen LogP contribution in [0.25, 0.3) is 0 Å². The number of aromatic amines is 2. The molecule has 10 amide bonds. The van der Waals surface area contributed by atoms with Gasteiger partial charge in [-0.3, -0.25) is 52.7 Å².